The predicted octanol–water partition coefficient (Wildman–Crippen LogP) is 7.89. The first-order valence-electron chi connectivity index (χ1n) is 37.6. The summed E-state index contributed by atoms with van der Waals surface area (Å²) in [5, 5.41) is 41.7. The Morgan fingerprint density at radius 2 is 1.47 bits per heavy atom. The lowest BCUT2D eigenvalue weighted by Gasteiger charge is -2.69. The molecule has 34 heteroatoms. The summed E-state index contributed by atoms with van der Waals surface area (Å²) >= 11 is 1.39. The molecule has 4 bridgehead atoms. The van der Waals surface area contributed by atoms with E-state index in [4.69, 9.17) is 25.3 Å². The molecule has 6 aliphatic rings. The van der Waals surface area contributed by atoms with Crippen LogP contribution in [0.5, 0.6) is 0 Å². The van der Waals surface area contributed by atoms with Gasteiger partial charge in [-0.2, -0.15) is 13.5 Å². The third kappa shape index (κ3) is 20.7. The molecule has 112 heavy (non-hydrogen) atoms. The summed E-state index contributed by atoms with van der Waals surface area (Å²) in [7, 11) is -4.55. The number of nitrogens with one attached hydrogen (secondary N) is 6. The molecule has 4 saturated carbocycles. The van der Waals surface area contributed by atoms with Crippen molar-refractivity contribution in [3.63, 3.8) is 0 Å². The van der Waals surface area contributed by atoms with Gasteiger partial charge in [-0.15, -0.1) is 0 Å². The highest BCUT2D eigenvalue weighted by molar-refractivity contribution is 7.85. The lowest BCUT2D eigenvalue weighted by Crippen LogP contribution is -2.64. The molecule has 598 valence electrons. The van der Waals surface area contributed by atoms with Gasteiger partial charge in [-0.1, -0.05) is 81.9 Å². The van der Waals surface area contributed by atoms with Crippen LogP contribution < -0.4 is 42.5 Å². The second-order valence-electron chi connectivity index (χ2n) is 31.2. The number of hydrogen-bond acceptors (Lipinski definition) is 20. The summed E-state index contributed by atoms with van der Waals surface area (Å²) in [4.78, 5) is 157. The fourth-order valence-electron chi connectivity index (χ4n) is 17.5. The Balaban J connectivity index is 0.695. The van der Waals surface area contributed by atoms with Gasteiger partial charge in [-0.3, -0.25) is 57.8 Å². The van der Waals surface area contributed by atoms with E-state index in [2.05, 4.69) is 50.7 Å². The highest BCUT2D eigenvalue weighted by atomic mass is 32.2. The standard InChI is InChI=1S/C78H96N14O18S2/c1-47(2)65(87-69(100)58(24-28-64(96)97)83-61(93)18-7-6-10-31-91-62(94)26-27-63(91)95)70(101)84-57(16-12-30-80-72(79)104)68(99)82-51-21-19-49(20-22-51)39-109-74(105)89(34-36-112(106,107)108)33-35-110-78-43-75(4)40-76(5,44-78)42-77(41-75,45-78)46-92-48(3)54(37-81-92)52-23-25-60(86-66(52)71(102)103)90-32-29-50-13-11-14-53(55(50)38-90)67(98)88-73-85-56-15-8-9-17-59(56)111-73/h8-9,11,13-15,17,19-23,25-27,37,47,57-58,65H,6-7,10,12,16,18,24,28-36,38-46H2,1-5H3,(H,82,99)(H,83,93)(H,84,101)(H,87,100)(H,96,97)(H,102,103)(H3,79,80,104)(H,85,88,98)(H,106,107,108)/t57-,58-,65-,75?,76?,77?,78?/m0/s1. The molecule has 4 fully saturated rings. The van der Waals surface area contributed by atoms with E-state index in [1.54, 1.807) is 44.3 Å². The zero-order valence-electron chi connectivity index (χ0n) is 63.2. The summed E-state index contributed by atoms with van der Waals surface area (Å²) in [6, 6.07) is 18.3. The van der Waals surface area contributed by atoms with Crippen LogP contribution in [0.3, 0.4) is 0 Å². The largest absolute Gasteiger partial charge is 0.481 e. The number of imide groups is 1. The topological polar surface area (TPSA) is 453 Å². The van der Waals surface area contributed by atoms with Gasteiger partial charge in [0.1, 0.15) is 30.6 Å². The minimum absolute atomic E-state index is 0.00232. The van der Waals surface area contributed by atoms with Gasteiger partial charge in [0.05, 0.1) is 34.4 Å². The molecule has 32 nitrogen and oxygen atoms in total. The number of benzene rings is 3. The fourth-order valence-corrected chi connectivity index (χ4v) is 18.8. The average molecular weight is 1580 g/mol. The van der Waals surface area contributed by atoms with Gasteiger partial charge >= 0.3 is 24.1 Å². The van der Waals surface area contributed by atoms with Crippen molar-refractivity contribution in [1.82, 2.24) is 50.8 Å². The molecule has 5 heterocycles. The number of aliphatic carboxylic acids is 1. The highest BCUT2D eigenvalue weighted by Crippen LogP contribution is 2.72. The maximum absolute atomic E-state index is 14.1. The van der Waals surface area contributed by atoms with Crippen molar-refractivity contribution in [2.75, 3.05) is 60.6 Å². The van der Waals surface area contributed by atoms with Crippen LogP contribution in [-0.4, -0.2) is 187 Å². The van der Waals surface area contributed by atoms with Gasteiger partial charge in [0.2, 0.25) is 23.6 Å². The van der Waals surface area contributed by atoms with Crippen molar-refractivity contribution in [3.05, 3.63) is 131 Å². The summed E-state index contributed by atoms with van der Waals surface area (Å²) in [5.41, 5.74) is 9.51. The summed E-state index contributed by atoms with van der Waals surface area (Å²) in [6.45, 7) is 10.5. The normalized spacial score (nSPS) is 20.4. The Morgan fingerprint density at radius 3 is 2.16 bits per heavy atom. The van der Waals surface area contributed by atoms with E-state index in [-0.39, 0.29) is 92.1 Å². The number of carboxylic acid groups (broad SMARTS) is 2. The number of carbonyl (C=O) groups excluding carboxylic acids is 9. The average Bonchev–Trinajstić information content (AvgIpc) is 0.736. The molecule has 4 aliphatic carbocycles. The number of para-hydroxylation sites is 1. The third-order valence-corrected chi connectivity index (χ3v) is 23.2. The first-order valence-corrected chi connectivity index (χ1v) is 40.0. The lowest BCUT2D eigenvalue weighted by molar-refractivity contribution is -0.248. The Labute approximate surface area is 651 Å². The second-order valence-corrected chi connectivity index (χ2v) is 33.8. The molecule has 3 aromatic carbocycles. The van der Waals surface area contributed by atoms with Gasteiger partial charge in [0, 0.05) is 98.9 Å². The van der Waals surface area contributed by atoms with Gasteiger partial charge in [0.15, 0.2) is 10.8 Å². The van der Waals surface area contributed by atoms with Crippen molar-refractivity contribution in [2.45, 2.75) is 174 Å². The number of ether oxygens (including phenoxy) is 2. The van der Waals surface area contributed by atoms with Crippen molar-refractivity contribution in [1.29, 1.82) is 0 Å². The zero-order chi connectivity index (χ0) is 80.5. The van der Waals surface area contributed by atoms with Crippen molar-refractivity contribution >= 4 is 114 Å². The molecule has 0 saturated heterocycles. The van der Waals surface area contributed by atoms with Crippen molar-refractivity contribution < 1.29 is 85.4 Å². The first kappa shape index (κ1) is 82.3. The Kier molecular flexibility index (Phi) is 25.6. The van der Waals surface area contributed by atoms with Crippen LogP contribution in [0, 0.1) is 29.1 Å². The molecule has 3 aromatic heterocycles. The number of thiazole rings is 1. The van der Waals surface area contributed by atoms with E-state index < -0.39 is 118 Å². The first-order chi connectivity index (χ1) is 53.2. The summed E-state index contributed by atoms with van der Waals surface area (Å²) in [5.74, 6) is -7.46. The molecular weight excluding hydrogens is 1490 g/mol. The molecule has 0 spiro atoms. The quantitative estimate of drug-likeness (QED) is 0.0101. The van der Waals surface area contributed by atoms with Crippen LogP contribution in [0.25, 0.3) is 21.3 Å². The number of pyridine rings is 1. The molecule has 2 aliphatic heterocycles. The number of fused-ring (bicyclic) bond motifs is 2. The van der Waals surface area contributed by atoms with Crippen LogP contribution in [-0.2, 0) is 79.3 Å². The summed E-state index contributed by atoms with van der Waals surface area (Å²) in [6.07, 6.45) is 9.00. The van der Waals surface area contributed by atoms with Gasteiger partial charge < -0.3 is 61.8 Å². The van der Waals surface area contributed by atoms with E-state index in [9.17, 15) is 75.9 Å². The van der Waals surface area contributed by atoms with Crippen LogP contribution in [0.15, 0.2) is 97.2 Å². The number of anilines is 3. The number of aromatic carboxylic acids is 1. The molecule has 6 aromatic rings. The number of amides is 10. The number of nitrogens with two attached hydrogens (primary N) is 1. The van der Waals surface area contributed by atoms with Crippen molar-refractivity contribution in [2.24, 2.45) is 27.9 Å². The second kappa shape index (κ2) is 34.9. The molecular formula is C78H96N14O18S2. The van der Waals surface area contributed by atoms with Gasteiger partial charge in [-0.25, -0.2) is 24.4 Å². The van der Waals surface area contributed by atoms with E-state index in [1.165, 1.54) is 35.6 Å². The number of hydrogen-bond donors (Lipinski definition) is 10. The highest BCUT2D eigenvalue weighted by Gasteiger charge is 2.66. The predicted molar refractivity (Wildman–Crippen MR) is 413 cm³/mol. The number of rotatable bonds is 37. The third-order valence-electron chi connectivity index (χ3n) is 21.5. The molecule has 11 N–H and O–H groups in total. The van der Waals surface area contributed by atoms with Crippen LogP contribution >= 0.6 is 11.3 Å². The molecule has 0 radical (unpaired) electrons. The maximum Gasteiger partial charge on any atom is 0.410 e. The SMILES string of the molecule is Cc1c(-c2ccc(N3CCc4cccc(C(=O)Nc5nc6ccccc6s5)c4C3)nc2C(=O)O)cnn1CC12CC3(C)CC(C)(C1)CC(OCCN(CCS(=O)(=O)O)C(=O)OCc1ccc(NC(=O)[C@H](CCCNC(N)=O)NC(=O)[C@@H](NC(=O)[C@H](CCC(=O)O)NC(=O)CCCCCN4C(=O)C=CC4=O)C(C)C)cc1)(C3)C2. The monoisotopic (exact) mass is 1580 g/mol. The zero-order valence-corrected chi connectivity index (χ0v) is 64.8. The Bertz CT molecular complexity index is 4680. The molecule has 2 unspecified atom stereocenters. The number of unbranched alkanes of at least 4 members (excludes halogenated alkanes) is 2. The van der Waals surface area contributed by atoms with E-state index in [0.717, 1.165) is 68.9 Å². The number of urea groups is 1. The van der Waals surface area contributed by atoms with E-state index >= 15 is 0 Å². The van der Waals surface area contributed by atoms with Crippen LogP contribution in [0.4, 0.5) is 26.2 Å². The fraction of sp³-hybridized carbons (Fsp3) is 0.487. The number of primary amides is 1. The van der Waals surface area contributed by atoms with Crippen molar-refractivity contribution in [3.8, 4) is 11.1 Å². The number of carbonyl (C=O) groups is 11. The van der Waals surface area contributed by atoms with E-state index in [0.29, 0.717) is 84.9 Å². The molecule has 5 atom stereocenters. The molecule has 12 rings (SSSR count). The van der Waals surface area contributed by atoms with Crippen LogP contribution in [0.2, 0.25) is 0 Å². The number of carboxylic acids is 2. The Hall–Kier alpha value is -10.7. The minimum Gasteiger partial charge on any atom is -0.481 e. The smallest absolute Gasteiger partial charge is 0.410 e. The lowest BCUT2D eigenvalue weighted by atomic mass is 9.39. The van der Waals surface area contributed by atoms with Gasteiger partial charge in [0.25, 0.3) is 27.8 Å². The summed E-state index contributed by atoms with van der Waals surface area (Å²) < 4.78 is 49.8. The Morgan fingerprint density at radius 1 is 0.750 bits per heavy atom. The van der Waals surface area contributed by atoms with Crippen LogP contribution in [0.1, 0.15) is 161 Å². The number of nitrogens with zero attached hydrogens (tertiary/aromatic N) is 7. The maximum atomic E-state index is 14.1. The molecule has 10 amide bonds. The minimum atomic E-state index is -4.55. The van der Waals surface area contributed by atoms with Gasteiger partial charge in [-0.05, 0) is 165 Å². The van der Waals surface area contributed by atoms with E-state index in [1.807, 2.05) is 59.0 Å². The number of aromatic nitrogens is 4.